The van der Waals surface area contributed by atoms with Crippen molar-refractivity contribution in [2.24, 2.45) is 5.92 Å². The van der Waals surface area contributed by atoms with E-state index >= 15 is 0 Å². The fourth-order valence-electron chi connectivity index (χ4n) is 4.34. The molecule has 1 aliphatic rings. The Labute approximate surface area is 222 Å². The van der Waals surface area contributed by atoms with Gasteiger partial charge in [-0.2, -0.15) is 8.61 Å². The van der Waals surface area contributed by atoms with Crippen molar-refractivity contribution in [3.63, 3.8) is 0 Å². The lowest BCUT2D eigenvalue weighted by Crippen LogP contribution is -2.50. The highest BCUT2D eigenvalue weighted by molar-refractivity contribution is 7.89. The van der Waals surface area contributed by atoms with Gasteiger partial charge >= 0.3 is 0 Å². The molecule has 0 radical (unpaired) electrons. The molecule has 0 unspecified atom stereocenters. The SMILES string of the molecule is C[C@H](CO)N1C[C@H](C)[C@@H](CN(C)S(=O)(=O)c2ccccc2F)Oc2cc(-c3ccncc3)ccc2S1(=O)=O. The third-order valence-electron chi connectivity index (χ3n) is 6.64. The van der Waals surface area contributed by atoms with Gasteiger partial charge < -0.3 is 9.84 Å². The van der Waals surface area contributed by atoms with Gasteiger partial charge in [-0.15, -0.1) is 0 Å². The number of halogens is 1. The van der Waals surface area contributed by atoms with Gasteiger partial charge in [0.2, 0.25) is 20.0 Å². The third kappa shape index (κ3) is 5.45. The minimum absolute atomic E-state index is 0.0200. The Morgan fingerprint density at radius 1 is 1.16 bits per heavy atom. The standard InChI is InChI=1S/C26H30FN3O6S2/c1-18-15-30(19(2)17-31)38(34,35)26-9-8-21(20-10-12-28-13-11-20)14-23(26)36-24(18)16-29(3)37(32,33)25-7-5-4-6-22(25)27/h4-14,18-19,24,31H,15-17H2,1-3H3/t18-,19+,24+/m0/s1. The van der Waals surface area contributed by atoms with Gasteiger partial charge in [0.25, 0.3) is 0 Å². The monoisotopic (exact) mass is 563 g/mol. The molecule has 0 aliphatic carbocycles. The van der Waals surface area contributed by atoms with Crippen LogP contribution in [-0.2, 0) is 20.0 Å². The summed E-state index contributed by atoms with van der Waals surface area (Å²) in [5.74, 6) is -1.30. The number of rotatable bonds is 7. The summed E-state index contributed by atoms with van der Waals surface area (Å²) < 4.78 is 76.5. The first-order valence-corrected chi connectivity index (χ1v) is 14.9. The molecule has 3 aromatic rings. The summed E-state index contributed by atoms with van der Waals surface area (Å²) in [5, 5.41) is 9.81. The van der Waals surface area contributed by atoms with E-state index in [0.29, 0.717) is 5.56 Å². The van der Waals surface area contributed by atoms with Crippen molar-refractivity contribution < 1.29 is 31.1 Å². The van der Waals surface area contributed by atoms with E-state index < -0.39 is 55.4 Å². The average molecular weight is 564 g/mol. The minimum atomic E-state index is -4.20. The Balaban J connectivity index is 1.78. The lowest BCUT2D eigenvalue weighted by atomic mass is 10.0. The molecule has 12 heteroatoms. The molecule has 0 saturated carbocycles. The van der Waals surface area contributed by atoms with Crippen LogP contribution in [0.5, 0.6) is 5.75 Å². The molecule has 2 aromatic carbocycles. The van der Waals surface area contributed by atoms with Crippen LogP contribution in [0.25, 0.3) is 11.1 Å². The third-order valence-corrected chi connectivity index (χ3v) is 10.5. The molecule has 2 heterocycles. The number of likely N-dealkylation sites (N-methyl/N-ethyl adjacent to an activating group) is 1. The maximum Gasteiger partial charge on any atom is 0.247 e. The number of aliphatic hydroxyl groups is 1. The molecule has 204 valence electrons. The van der Waals surface area contributed by atoms with E-state index in [0.717, 1.165) is 15.9 Å². The van der Waals surface area contributed by atoms with Gasteiger partial charge in [-0.3, -0.25) is 4.98 Å². The van der Waals surface area contributed by atoms with Gasteiger partial charge in [-0.25, -0.2) is 21.2 Å². The van der Waals surface area contributed by atoms with E-state index in [2.05, 4.69) is 4.98 Å². The number of aromatic nitrogens is 1. The van der Waals surface area contributed by atoms with Gasteiger partial charge in [0.15, 0.2) is 0 Å². The first-order chi connectivity index (χ1) is 18.0. The van der Waals surface area contributed by atoms with Crippen molar-refractivity contribution in [3.05, 3.63) is 72.8 Å². The molecule has 0 saturated heterocycles. The van der Waals surface area contributed by atoms with Gasteiger partial charge in [-0.1, -0.05) is 25.1 Å². The number of hydrogen-bond acceptors (Lipinski definition) is 7. The Hall–Kier alpha value is -2.90. The summed E-state index contributed by atoms with van der Waals surface area (Å²) >= 11 is 0. The topological polar surface area (TPSA) is 117 Å². The second kappa shape index (κ2) is 11.1. The van der Waals surface area contributed by atoms with E-state index in [9.17, 15) is 26.3 Å². The fraction of sp³-hybridized carbons (Fsp3) is 0.346. The Morgan fingerprint density at radius 2 is 1.84 bits per heavy atom. The van der Waals surface area contributed by atoms with Crippen molar-refractivity contribution in [3.8, 4) is 16.9 Å². The van der Waals surface area contributed by atoms with Crippen LogP contribution >= 0.6 is 0 Å². The van der Waals surface area contributed by atoms with E-state index in [1.165, 1.54) is 35.6 Å². The zero-order valence-corrected chi connectivity index (χ0v) is 22.9. The van der Waals surface area contributed by atoms with Crippen molar-refractivity contribution in [1.82, 2.24) is 13.6 Å². The highest BCUT2D eigenvalue weighted by Gasteiger charge is 2.39. The predicted molar refractivity (Wildman–Crippen MR) is 140 cm³/mol. The lowest BCUT2D eigenvalue weighted by molar-refractivity contribution is 0.0904. The molecule has 3 atom stereocenters. The molecular formula is C26H30FN3O6S2. The molecule has 4 rings (SSSR count). The van der Waals surface area contributed by atoms with E-state index in [1.807, 2.05) is 0 Å². The van der Waals surface area contributed by atoms with E-state index in [1.54, 1.807) is 50.5 Å². The number of nitrogens with zero attached hydrogens (tertiary/aromatic N) is 3. The Bertz CT molecular complexity index is 1500. The maximum atomic E-state index is 14.3. The van der Waals surface area contributed by atoms with Crippen LogP contribution in [-0.4, -0.2) is 74.4 Å². The van der Waals surface area contributed by atoms with Crippen LogP contribution in [0, 0.1) is 11.7 Å². The summed E-state index contributed by atoms with van der Waals surface area (Å²) in [7, 11) is -6.93. The lowest BCUT2D eigenvalue weighted by Gasteiger charge is -2.37. The highest BCUT2D eigenvalue weighted by atomic mass is 32.2. The van der Waals surface area contributed by atoms with Gasteiger partial charge in [-0.05, 0) is 54.4 Å². The van der Waals surface area contributed by atoms with Crippen LogP contribution in [0.3, 0.4) is 0 Å². The van der Waals surface area contributed by atoms with Gasteiger partial charge in [0, 0.05) is 37.9 Å². The zero-order chi connectivity index (χ0) is 27.7. The normalized spacial score (nSPS) is 20.7. The molecule has 0 amide bonds. The Morgan fingerprint density at radius 3 is 2.50 bits per heavy atom. The molecule has 9 nitrogen and oxygen atoms in total. The average Bonchev–Trinajstić information content (AvgIpc) is 2.90. The van der Waals surface area contributed by atoms with Gasteiger partial charge in [0.1, 0.15) is 27.5 Å². The van der Waals surface area contributed by atoms with Crippen molar-refractivity contribution in [2.45, 2.75) is 35.8 Å². The molecule has 0 spiro atoms. The molecule has 0 bridgehead atoms. The zero-order valence-electron chi connectivity index (χ0n) is 21.2. The quantitative estimate of drug-likeness (QED) is 0.470. The smallest absolute Gasteiger partial charge is 0.247 e. The number of sulfonamides is 2. The summed E-state index contributed by atoms with van der Waals surface area (Å²) in [6.45, 7) is 2.76. The van der Waals surface area contributed by atoms with Crippen LogP contribution in [0.4, 0.5) is 4.39 Å². The minimum Gasteiger partial charge on any atom is -0.487 e. The molecule has 1 aromatic heterocycles. The first kappa shape index (κ1) is 28.1. The van der Waals surface area contributed by atoms with Crippen molar-refractivity contribution in [1.29, 1.82) is 0 Å². The number of benzene rings is 2. The van der Waals surface area contributed by atoms with Crippen LogP contribution in [0.2, 0.25) is 0 Å². The number of pyridine rings is 1. The summed E-state index contributed by atoms with van der Waals surface area (Å²) in [6, 6.07) is 12.6. The second-order valence-corrected chi connectivity index (χ2v) is 13.2. The summed E-state index contributed by atoms with van der Waals surface area (Å²) in [4.78, 5) is 3.46. The first-order valence-electron chi connectivity index (χ1n) is 12.0. The predicted octanol–water partition coefficient (Wildman–Crippen LogP) is 2.98. The van der Waals surface area contributed by atoms with Gasteiger partial charge in [0.05, 0.1) is 13.2 Å². The molecular weight excluding hydrogens is 533 g/mol. The van der Waals surface area contributed by atoms with E-state index in [-0.39, 0.29) is 23.7 Å². The molecule has 1 N–H and O–H groups in total. The number of hydrogen-bond donors (Lipinski definition) is 1. The molecule has 38 heavy (non-hydrogen) atoms. The second-order valence-electron chi connectivity index (χ2n) is 9.35. The summed E-state index contributed by atoms with van der Waals surface area (Å²) in [5.41, 5.74) is 1.47. The number of ether oxygens (including phenoxy) is 1. The maximum absolute atomic E-state index is 14.3. The summed E-state index contributed by atoms with van der Waals surface area (Å²) in [6.07, 6.45) is 2.43. The highest BCUT2D eigenvalue weighted by Crippen LogP contribution is 2.36. The largest absolute Gasteiger partial charge is 0.487 e. The van der Waals surface area contributed by atoms with Crippen molar-refractivity contribution >= 4 is 20.0 Å². The van der Waals surface area contributed by atoms with Crippen molar-refractivity contribution in [2.75, 3.05) is 26.7 Å². The van der Waals surface area contributed by atoms with Crippen LogP contribution < -0.4 is 4.74 Å². The number of fused-ring (bicyclic) bond motifs is 1. The number of aliphatic hydroxyl groups excluding tert-OH is 1. The molecule has 0 fully saturated rings. The van der Waals surface area contributed by atoms with Crippen LogP contribution in [0.15, 0.2) is 76.8 Å². The van der Waals surface area contributed by atoms with E-state index in [4.69, 9.17) is 4.74 Å². The Kier molecular flexibility index (Phi) is 8.19. The van der Waals surface area contributed by atoms with Crippen LogP contribution in [0.1, 0.15) is 13.8 Å². The molecule has 1 aliphatic heterocycles. The fourth-order valence-corrected chi connectivity index (χ4v) is 7.41.